The van der Waals surface area contributed by atoms with Gasteiger partial charge in [-0.1, -0.05) is 48.5 Å². The number of rotatable bonds is 6. The van der Waals surface area contributed by atoms with Crippen molar-refractivity contribution in [1.82, 2.24) is 10.2 Å². The fourth-order valence-corrected chi connectivity index (χ4v) is 4.60. The lowest BCUT2D eigenvalue weighted by atomic mass is 9.98. The van der Waals surface area contributed by atoms with Gasteiger partial charge in [-0.15, -0.1) is 0 Å². The molecular weight excluding hydrogens is 412 g/mol. The van der Waals surface area contributed by atoms with Gasteiger partial charge in [-0.2, -0.15) is 0 Å². The zero-order valence-electron chi connectivity index (χ0n) is 17.7. The molecular formula is C24H26N2O6. The largest absolute Gasteiger partial charge is 0.480 e. The molecule has 0 bridgehead atoms. The highest BCUT2D eigenvalue weighted by Gasteiger charge is 2.39. The lowest BCUT2D eigenvalue weighted by molar-refractivity contribution is -0.148. The number of carboxylic acid groups (broad SMARTS) is 1. The molecule has 8 nitrogen and oxygen atoms in total. The van der Waals surface area contributed by atoms with Crippen LogP contribution in [0.15, 0.2) is 48.5 Å². The number of likely N-dealkylation sites (tertiary alicyclic amines) is 1. The Labute approximate surface area is 185 Å². The molecule has 32 heavy (non-hydrogen) atoms. The van der Waals surface area contributed by atoms with Gasteiger partial charge < -0.3 is 25.2 Å². The van der Waals surface area contributed by atoms with Crippen molar-refractivity contribution in [2.24, 2.45) is 0 Å². The molecule has 3 unspecified atom stereocenters. The highest BCUT2D eigenvalue weighted by molar-refractivity contribution is 5.85. The number of hydrogen-bond acceptors (Lipinski definition) is 5. The maximum atomic E-state index is 12.5. The van der Waals surface area contributed by atoms with Gasteiger partial charge in [0, 0.05) is 31.3 Å². The van der Waals surface area contributed by atoms with E-state index in [-0.39, 0.29) is 31.9 Å². The first-order valence-corrected chi connectivity index (χ1v) is 10.7. The summed E-state index contributed by atoms with van der Waals surface area (Å²) in [5, 5.41) is 21.6. The van der Waals surface area contributed by atoms with E-state index in [1.165, 1.54) is 0 Å². The number of alkyl carbamates (subject to hydrolysis) is 1. The molecule has 0 radical (unpaired) electrons. The lowest BCUT2D eigenvalue weighted by Gasteiger charge is -2.23. The number of aliphatic hydroxyl groups is 1. The molecule has 2 aliphatic rings. The Morgan fingerprint density at radius 1 is 1.09 bits per heavy atom. The van der Waals surface area contributed by atoms with Gasteiger partial charge in [0.25, 0.3) is 0 Å². The van der Waals surface area contributed by atoms with Crippen molar-refractivity contribution in [3.8, 4) is 11.1 Å². The van der Waals surface area contributed by atoms with Crippen LogP contribution in [0.3, 0.4) is 0 Å². The van der Waals surface area contributed by atoms with Gasteiger partial charge in [-0.25, -0.2) is 9.59 Å². The third-order valence-electron chi connectivity index (χ3n) is 6.07. The van der Waals surface area contributed by atoms with Gasteiger partial charge >= 0.3 is 12.1 Å². The molecule has 4 rings (SSSR count). The number of nitrogens with zero attached hydrogens (tertiary/aromatic N) is 1. The third kappa shape index (κ3) is 4.31. The number of fused-ring (bicyclic) bond motifs is 3. The minimum Gasteiger partial charge on any atom is -0.480 e. The summed E-state index contributed by atoms with van der Waals surface area (Å²) in [5.41, 5.74) is 4.49. The normalized spacial score (nSPS) is 20.4. The summed E-state index contributed by atoms with van der Waals surface area (Å²) >= 11 is 0. The maximum Gasteiger partial charge on any atom is 0.407 e. The quantitative estimate of drug-likeness (QED) is 0.638. The van der Waals surface area contributed by atoms with Crippen LogP contribution in [0.4, 0.5) is 4.79 Å². The SMILES string of the molecule is CC(CC(=O)N1CC(O)CC1C(=O)O)NC(=O)OCC1c2ccccc2-c2ccccc21. The average Bonchev–Trinajstić information content (AvgIpc) is 3.31. The van der Waals surface area contributed by atoms with Crippen LogP contribution >= 0.6 is 0 Å². The summed E-state index contributed by atoms with van der Waals surface area (Å²) in [6.07, 6.45) is -1.57. The van der Waals surface area contributed by atoms with E-state index in [4.69, 9.17) is 4.74 Å². The monoisotopic (exact) mass is 438 g/mol. The maximum absolute atomic E-state index is 12.5. The van der Waals surface area contributed by atoms with Crippen LogP contribution in [0.5, 0.6) is 0 Å². The first kappa shape index (κ1) is 21.8. The number of ether oxygens (including phenoxy) is 1. The lowest BCUT2D eigenvalue weighted by Crippen LogP contribution is -2.44. The van der Waals surface area contributed by atoms with Gasteiger partial charge in [-0.3, -0.25) is 4.79 Å². The fraction of sp³-hybridized carbons (Fsp3) is 0.375. The third-order valence-corrected chi connectivity index (χ3v) is 6.07. The van der Waals surface area contributed by atoms with E-state index >= 15 is 0 Å². The minimum absolute atomic E-state index is 0.00919. The number of aliphatic hydroxyl groups excluding tert-OH is 1. The molecule has 1 heterocycles. The van der Waals surface area contributed by atoms with Crippen molar-refractivity contribution in [2.75, 3.05) is 13.2 Å². The topological polar surface area (TPSA) is 116 Å². The molecule has 0 aromatic heterocycles. The minimum atomic E-state index is -1.15. The number of carbonyl (C=O) groups is 3. The second kappa shape index (κ2) is 9.00. The molecule has 2 aromatic carbocycles. The number of nitrogens with one attached hydrogen (secondary N) is 1. The second-order valence-corrected chi connectivity index (χ2v) is 8.36. The summed E-state index contributed by atoms with van der Waals surface area (Å²) in [7, 11) is 0. The smallest absolute Gasteiger partial charge is 0.407 e. The molecule has 1 aliphatic carbocycles. The molecule has 0 spiro atoms. The second-order valence-electron chi connectivity index (χ2n) is 8.36. The molecule has 1 saturated heterocycles. The molecule has 2 aromatic rings. The summed E-state index contributed by atoms with van der Waals surface area (Å²) in [6, 6.07) is 14.5. The van der Waals surface area contributed by atoms with Crippen LogP contribution in [0.2, 0.25) is 0 Å². The van der Waals surface area contributed by atoms with E-state index in [0.717, 1.165) is 27.2 Å². The molecule has 2 amide bonds. The Bertz CT molecular complexity index is 993. The Hall–Kier alpha value is -3.39. The van der Waals surface area contributed by atoms with Crippen molar-refractivity contribution in [1.29, 1.82) is 0 Å². The first-order chi connectivity index (χ1) is 15.3. The Kier molecular flexibility index (Phi) is 6.14. The molecule has 1 fully saturated rings. The van der Waals surface area contributed by atoms with Crippen molar-refractivity contribution in [2.45, 2.75) is 43.9 Å². The van der Waals surface area contributed by atoms with E-state index < -0.39 is 36.2 Å². The summed E-state index contributed by atoms with van der Waals surface area (Å²) in [5.74, 6) is -1.64. The van der Waals surface area contributed by atoms with Gasteiger partial charge in [0.15, 0.2) is 0 Å². The average molecular weight is 438 g/mol. The Balaban J connectivity index is 1.33. The molecule has 3 N–H and O–H groups in total. The number of hydrogen-bond donors (Lipinski definition) is 3. The van der Waals surface area contributed by atoms with E-state index in [9.17, 15) is 24.6 Å². The number of aliphatic carboxylic acids is 1. The van der Waals surface area contributed by atoms with Crippen LogP contribution in [-0.4, -0.2) is 64.4 Å². The molecule has 0 saturated carbocycles. The number of β-amino-alcohol motifs (C(OH)–C–C–N with tert-alkyl or cyclic N) is 1. The molecule has 3 atom stereocenters. The van der Waals surface area contributed by atoms with Crippen LogP contribution in [0.25, 0.3) is 11.1 Å². The van der Waals surface area contributed by atoms with Crippen LogP contribution < -0.4 is 5.32 Å². The van der Waals surface area contributed by atoms with E-state index in [0.29, 0.717) is 0 Å². The zero-order valence-corrected chi connectivity index (χ0v) is 17.7. The van der Waals surface area contributed by atoms with E-state index in [1.807, 2.05) is 36.4 Å². The van der Waals surface area contributed by atoms with Crippen molar-refractivity contribution >= 4 is 18.0 Å². The van der Waals surface area contributed by atoms with E-state index in [1.54, 1.807) is 6.92 Å². The van der Waals surface area contributed by atoms with Crippen molar-refractivity contribution < 1.29 is 29.3 Å². The van der Waals surface area contributed by atoms with Crippen molar-refractivity contribution in [3.63, 3.8) is 0 Å². The van der Waals surface area contributed by atoms with Crippen LogP contribution in [-0.2, 0) is 14.3 Å². The Morgan fingerprint density at radius 2 is 1.69 bits per heavy atom. The number of amides is 2. The highest BCUT2D eigenvalue weighted by Crippen LogP contribution is 2.44. The molecule has 168 valence electrons. The van der Waals surface area contributed by atoms with Crippen molar-refractivity contribution in [3.05, 3.63) is 59.7 Å². The molecule has 1 aliphatic heterocycles. The predicted molar refractivity (Wildman–Crippen MR) is 116 cm³/mol. The number of benzene rings is 2. The summed E-state index contributed by atoms with van der Waals surface area (Å²) in [6.45, 7) is 1.80. The van der Waals surface area contributed by atoms with Crippen LogP contribution in [0.1, 0.15) is 36.8 Å². The van der Waals surface area contributed by atoms with Gasteiger partial charge in [0.1, 0.15) is 12.6 Å². The van der Waals surface area contributed by atoms with Gasteiger partial charge in [0.05, 0.1) is 6.10 Å². The highest BCUT2D eigenvalue weighted by atomic mass is 16.5. The molecule has 8 heteroatoms. The summed E-state index contributed by atoms with van der Waals surface area (Å²) < 4.78 is 5.48. The Morgan fingerprint density at radius 3 is 2.28 bits per heavy atom. The first-order valence-electron chi connectivity index (χ1n) is 10.7. The number of carbonyl (C=O) groups excluding carboxylic acids is 2. The number of carboxylic acids is 1. The standard InChI is InChI=1S/C24H26N2O6/c1-14(10-22(28)26-12-15(27)11-21(26)23(29)30)25-24(31)32-13-20-18-8-4-2-6-16(18)17-7-3-5-9-19(17)20/h2-9,14-15,20-21,27H,10-13H2,1H3,(H,25,31)(H,29,30). The predicted octanol–water partition coefficient (Wildman–Crippen LogP) is 2.35. The van der Waals surface area contributed by atoms with Gasteiger partial charge in [0.2, 0.25) is 5.91 Å². The fourth-order valence-electron chi connectivity index (χ4n) is 4.60. The van der Waals surface area contributed by atoms with E-state index in [2.05, 4.69) is 17.4 Å². The van der Waals surface area contributed by atoms with Gasteiger partial charge in [-0.05, 0) is 29.2 Å². The summed E-state index contributed by atoms with van der Waals surface area (Å²) in [4.78, 5) is 37.3. The zero-order chi connectivity index (χ0) is 22.8. The van der Waals surface area contributed by atoms with Crippen LogP contribution in [0, 0.1) is 0 Å².